The zero-order valence-electron chi connectivity index (χ0n) is 10.4. The van der Waals surface area contributed by atoms with Gasteiger partial charge in [0.25, 0.3) is 0 Å². The fourth-order valence-corrected chi connectivity index (χ4v) is 2.56. The molecule has 0 aliphatic heterocycles. The number of hydrogen-bond acceptors (Lipinski definition) is 1. The van der Waals surface area contributed by atoms with Crippen molar-refractivity contribution in [3.63, 3.8) is 0 Å². The minimum atomic E-state index is -0.547. The Morgan fingerprint density at radius 3 is 2.60 bits per heavy atom. The van der Waals surface area contributed by atoms with Crippen LogP contribution >= 0.6 is 23.8 Å². The van der Waals surface area contributed by atoms with Crippen LogP contribution in [0.2, 0.25) is 5.02 Å². The van der Waals surface area contributed by atoms with Crippen LogP contribution in [0.1, 0.15) is 5.56 Å². The maximum Gasteiger partial charge on any atom is 0.182 e. The van der Waals surface area contributed by atoms with Gasteiger partial charge in [0.05, 0.1) is 21.7 Å². The van der Waals surface area contributed by atoms with E-state index < -0.39 is 5.82 Å². The van der Waals surface area contributed by atoms with Crippen molar-refractivity contribution in [2.75, 3.05) is 0 Å². The molecule has 1 N–H and O–H groups in total. The average Bonchev–Trinajstić information content (AvgIpc) is 2.69. The molecule has 20 heavy (non-hydrogen) atoms. The number of fused-ring (bicyclic) bond motifs is 1. The first-order valence-corrected chi connectivity index (χ1v) is 6.62. The van der Waals surface area contributed by atoms with Crippen LogP contribution in [0.15, 0.2) is 30.3 Å². The Bertz CT molecular complexity index is 883. The fourth-order valence-electron chi connectivity index (χ4n) is 2.08. The Balaban J connectivity index is 2.35. The Labute approximate surface area is 123 Å². The van der Waals surface area contributed by atoms with Crippen LogP contribution in [-0.4, -0.2) is 9.55 Å². The first-order chi connectivity index (χ1) is 9.47. The summed E-state index contributed by atoms with van der Waals surface area (Å²) in [6.45, 7) is 1.67. The number of nitrogens with one attached hydrogen (secondary N) is 1. The van der Waals surface area contributed by atoms with Gasteiger partial charge in [0, 0.05) is 6.07 Å². The van der Waals surface area contributed by atoms with E-state index in [1.54, 1.807) is 23.6 Å². The van der Waals surface area contributed by atoms with E-state index in [0.29, 0.717) is 27.1 Å². The van der Waals surface area contributed by atoms with Crippen LogP contribution in [0.25, 0.3) is 16.7 Å². The molecule has 0 unspecified atom stereocenters. The van der Waals surface area contributed by atoms with Gasteiger partial charge in [-0.25, -0.2) is 8.78 Å². The van der Waals surface area contributed by atoms with Crippen molar-refractivity contribution in [3.05, 3.63) is 57.3 Å². The maximum atomic E-state index is 13.7. The standard InChI is InChI=1S/C14H9ClF2N2S/c1-7-2-3-8(4-10(7)16)19-13-6-11(17)9(15)5-12(13)18-14(19)20/h2-6H,1H3,(H,18,20). The molecule has 0 saturated heterocycles. The largest absolute Gasteiger partial charge is 0.330 e. The fraction of sp³-hybridized carbons (Fsp3) is 0.0714. The van der Waals surface area contributed by atoms with Crippen LogP contribution in [0.3, 0.4) is 0 Å². The lowest BCUT2D eigenvalue weighted by molar-refractivity contribution is 0.617. The summed E-state index contributed by atoms with van der Waals surface area (Å²) in [6, 6.07) is 7.49. The van der Waals surface area contributed by atoms with Gasteiger partial charge in [0.2, 0.25) is 0 Å². The topological polar surface area (TPSA) is 20.7 Å². The van der Waals surface area contributed by atoms with E-state index in [0.717, 1.165) is 0 Å². The number of halogens is 3. The average molecular weight is 311 g/mol. The summed E-state index contributed by atoms with van der Waals surface area (Å²) >= 11 is 11.0. The van der Waals surface area contributed by atoms with Crippen molar-refractivity contribution in [2.24, 2.45) is 0 Å². The first kappa shape index (κ1) is 13.3. The number of benzene rings is 2. The summed E-state index contributed by atoms with van der Waals surface area (Å²) in [4.78, 5) is 2.93. The summed E-state index contributed by atoms with van der Waals surface area (Å²) in [5, 5.41) is 0.0102. The SMILES string of the molecule is Cc1ccc(-n2c(=S)[nH]c3cc(Cl)c(F)cc32)cc1F. The van der Waals surface area contributed by atoms with Crippen LogP contribution in [0.4, 0.5) is 8.78 Å². The molecule has 0 fully saturated rings. The molecule has 2 aromatic carbocycles. The minimum absolute atomic E-state index is 0.0102. The van der Waals surface area contributed by atoms with Gasteiger partial charge >= 0.3 is 0 Å². The quantitative estimate of drug-likeness (QED) is 0.632. The van der Waals surface area contributed by atoms with Gasteiger partial charge in [-0.15, -0.1) is 0 Å². The van der Waals surface area contributed by atoms with Gasteiger partial charge in [-0.3, -0.25) is 4.57 Å². The zero-order valence-corrected chi connectivity index (χ0v) is 11.9. The second-order valence-corrected chi connectivity index (χ2v) is 5.28. The van der Waals surface area contributed by atoms with Gasteiger partial charge in [-0.05, 0) is 42.9 Å². The summed E-state index contributed by atoms with van der Waals surface area (Å²) in [7, 11) is 0. The predicted octanol–water partition coefficient (Wildman–Crippen LogP) is 4.93. The zero-order chi connectivity index (χ0) is 14.4. The molecule has 0 bridgehead atoms. The number of aromatic amines is 1. The molecule has 3 rings (SSSR count). The Kier molecular flexibility index (Phi) is 3.11. The number of aryl methyl sites for hydroxylation is 1. The molecule has 102 valence electrons. The normalized spacial score (nSPS) is 11.2. The van der Waals surface area contributed by atoms with Crippen molar-refractivity contribution in [1.82, 2.24) is 9.55 Å². The number of imidazole rings is 1. The van der Waals surface area contributed by atoms with Crippen molar-refractivity contribution >= 4 is 34.9 Å². The van der Waals surface area contributed by atoms with E-state index >= 15 is 0 Å². The highest BCUT2D eigenvalue weighted by atomic mass is 35.5. The van der Waals surface area contributed by atoms with Crippen LogP contribution in [0, 0.1) is 23.3 Å². The van der Waals surface area contributed by atoms with Gasteiger partial charge < -0.3 is 4.98 Å². The van der Waals surface area contributed by atoms with Gasteiger partial charge in [-0.2, -0.15) is 0 Å². The third kappa shape index (κ3) is 2.03. The Hall–Kier alpha value is -1.72. The van der Waals surface area contributed by atoms with Crippen molar-refractivity contribution < 1.29 is 8.78 Å². The summed E-state index contributed by atoms with van der Waals surface area (Å²) in [5.41, 5.74) is 2.18. The van der Waals surface area contributed by atoms with Gasteiger partial charge in [-0.1, -0.05) is 17.7 Å². The lowest BCUT2D eigenvalue weighted by atomic mass is 10.2. The lowest BCUT2D eigenvalue weighted by Crippen LogP contribution is -1.96. The molecule has 0 saturated carbocycles. The number of nitrogens with zero attached hydrogens (tertiary/aromatic N) is 1. The lowest BCUT2D eigenvalue weighted by Gasteiger charge is -2.06. The molecule has 1 heterocycles. The summed E-state index contributed by atoms with van der Waals surface area (Å²) in [6.07, 6.45) is 0. The third-order valence-corrected chi connectivity index (χ3v) is 3.71. The molecular formula is C14H9ClF2N2S. The molecule has 1 aromatic heterocycles. The number of aromatic nitrogens is 2. The van der Waals surface area contributed by atoms with Gasteiger partial charge in [0.1, 0.15) is 11.6 Å². The first-order valence-electron chi connectivity index (χ1n) is 5.83. The van der Waals surface area contributed by atoms with E-state index in [1.807, 2.05) is 0 Å². The highest BCUT2D eigenvalue weighted by Crippen LogP contribution is 2.25. The highest BCUT2D eigenvalue weighted by molar-refractivity contribution is 7.71. The highest BCUT2D eigenvalue weighted by Gasteiger charge is 2.11. The van der Waals surface area contributed by atoms with E-state index in [9.17, 15) is 8.78 Å². The molecule has 3 aromatic rings. The Morgan fingerprint density at radius 1 is 1.15 bits per heavy atom. The summed E-state index contributed by atoms with van der Waals surface area (Å²) in [5.74, 6) is -0.886. The maximum absolute atomic E-state index is 13.7. The molecular weight excluding hydrogens is 302 g/mol. The predicted molar refractivity (Wildman–Crippen MR) is 78.1 cm³/mol. The molecule has 0 radical (unpaired) electrons. The third-order valence-electron chi connectivity index (χ3n) is 3.14. The van der Waals surface area contributed by atoms with Crippen molar-refractivity contribution in [1.29, 1.82) is 0 Å². The molecule has 0 atom stereocenters. The van der Waals surface area contributed by atoms with Crippen molar-refractivity contribution in [2.45, 2.75) is 6.92 Å². The summed E-state index contributed by atoms with van der Waals surface area (Å²) < 4.78 is 29.3. The molecule has 6 heteroatoms. The second-order valence-electron chi connectivity index (χ2n) is 4.48. The van der Waals surface area contributed by atoms with E-state index in [1.165, 1.54) is 18.2 Å². The molecule has 0 amide bonds. The van der Waals surface area contributed by atoms with E-state index in [4.69, 9.17) is 23.8 Å². The van der Waals surface area contributed by atoms with Crippen LogP contribution in [-0.2, 0) is 0 Å². The second kappa shape index (κ2) is 4.68. The molecule has 0 aliphatic carbocycles. The van der Waals surface area contributed by atoms with Gasteiger partial charge in [0.15, 0.2) is 4.77 Å². The van der Waals surface area contributed by atoms with Crippen LogP contribution in [0.5, 0.6) is 0 Å². The number of H-pyrrole nitrogens is 1. The number of hydrogen-bond donors (Lipinski definition) is 1. The minimum Gasteiger partial charge on any atom is -0.330 e. The van der Waals surface area contributed by atoms with Crippen molar-refractivity contribution in [3.8, 4) is 5.69 Å². The Morgan fingerprint density at radius 2 is 1.90 bits per heavy atom. The monoisotopic (exact) mass is 310 g/mol. The molecule has 0 aliphatic rings. The molecule has 0 spiro atoms. The van der Waals surface area contributed by atoms with E-state index in [2.05, 4.69) is 4.98 Å². The van der Waals surface area contributed by atoms with E-state index in [-0.39, 0.29) is 10.8 Å². The smallest absolute Gasteiger partial charge is 0.182 e. The number of rotatable bonds is 1. The van der Waals surface area contributed by atoms with Crippen LogP contribution < -0.4 is 0 Å². The molecule has 2 nitrogen and oxygen atoms in total.